The first kappa shape index (κ1) is 27.9. The molecule has 0 saturated carbocycles. The normalized spacial score (nSPS) is 20.9. The summed E-state index contributed by atoms with van der Waals surface area (Å²) < 4.78 is 24.0. The van der Waals surface area contributed by atoms with E-state index in [1.54, 1.807) is 24.1 Å². The zero-order valence-electron chi connectivity index (χ0n) is 20.8. The van der Waals surface area contributed by atoms with Crippen LogP contribution >= 0.6 is 23.2 Å². The SMILES string of the molecule is Cc1ccc(CN(C)C(=O)C(C)(CCN2CCC(S(C)(=O)=O)CC2N)c2ccc(Cl)c(Cl)c2)cc1. The molecule has 1 aliphatic rings. The fourth-order valence-corrected chi connectivity index (χ4v) is 6.10. The second kappa shape index (κ2) is 11.2. The summed E-state index contributed by atoms with van der Waals surface area (Å²) in [5.41, 5.74) is 8.48. The number of likely N-dealkylation sites (tertiary alicyclic amines) is 1. The molecule has 0 spiro atoms. The van der Waals surface area contributed by atoms with E-state index in [0.29, 0.717) is 48.9 Å². The van der Waals surface area contributed by atoms with Crippen molar-refractivity contribution in [3.63, 3.8) is 0 Å². The quantitative estimate of drug-likeness (QED) is 0.537. The second-order valence-electron chi connectivity index (χ2n) is 9.94. The predicted molar refractivity (Wildman–Crippen MR) is 143 cm³/mol. The summed E-state index contributed by atoms with van der Waals surface area (Å²) in [6, 6.07) is 13.5. The average Bonchev–Trinajstić information content (AvgIpc) is 2.80. The number of carbonyl (C=O) groups is 1. The summed E-state index contributed by atoms with van der Waals surface area (Å²) in [6.07, 6.45) is 2.33. The molecule has 6 nitrogen and oxygen atoms in total. The number of rotatable bonds is 8. The molecule has 3 unspecified atom stereocenters. The van der Waals surface area contributed by atoms with Crippen molar-refractivity contribution in [2.75, 3.05) is 26.4 Å². The van der Waals surface area contributed by atoms with Gasteiger partial charge in [-0.25, -0.2) is 8.42 Å². The topological polar surface area (TPSA) is 83.7 Å². The van der Waals surface area contributed by atoms with Gasteiger partial charge >= 0.3 is 0 Å². The molecular formula is C26H35Cl2N3O3S. The molecule has 1 saturated heterocycles. The van der Waals surface area contributed by atoms with Crippen molar-refractivity contribution in [1.29, 1.82) is 0 Å². The Kier molecular flexibility index (Phi) is 8.92. The lowest BCUT2D eigenvalue weighted by molar-refractivity contribution is -0.136. The monoisotopic (exact) mass is 539 g/mol. The van der Waals surface area contributed by atoms with Gasteiger partial charge < -0.3 is 10.6 Å². The highest BCUT2D eigenvalue weighted by Crippen LogP contribution is 2.35. The van der Waals surface area contributed by atoms with Crippen LogP contribution in [-0.4, -0.2) is 61.9 Å². The zero-order valence-corrected chi connectivity index (χ0v) is 23.1. The third kappa shape index (κ3) is 6.77. The van der Waals surface area contributed by atoms with Crippen LogP contribution in [0.15, 0.2) is 42.5 Å². The first-order valence-corrected chi connectivity index (χ1v) is 14.5. The number of amides is 1. The number of carbonyl (C=O) groups excluding carboxylic acids is 1. The number of nitrogens with two attached hydrogens (primary N) is 1. The summed E-state index contributed by atoms with van der Waals surface area (Å²) in [5.74, 6) is -0.0314. The molecule has 35 heavy (non-hydrogen) atoms. The summed E-state index contributed by atoms with van der Waals surface area (Å²) >= 11 is 12.5. The van der Waals surface area contributed by atoms with Crippen molar-refractivity contribution in [3.8, 4) is 0 Å². The van der Waals surface area contributed by atoms with E-state index in [1.165, 1.54) is 11.8 Å². The third-order valence-electron chi connectivity index (χ3n) is 7.13. The first-order chi connectivity index (χ1) is 16.3. The Morgan fingerprint density at radius 3 is 2.40 bits per heavy atom. The van der Waals surface area contributed by atoms with E-state index in [1.807, 2.05) is 44.2 Å². The highest BCUT2D eigenvalue weighted by Gasteiger charge is 2.39. The maximum absolute atomic E-state index is 13.9. The lowest BCUT2D eigenvalue weighted by Crippen LogP contribution is -2.53. The molecular weight excluding hydrogens is 505 g/mol. The molecule has 1 amide bonds. The van der Waals surface area contributed by atoms with Crippen LogP contribution in [-0.2, 0) is 26.6 Å². The Labute approximate surface area is 219 Å². The van der Waals surface area contributed by atoms with E-state index in [-0.39, 0.29) is 12.1 Å². The van der Waals surface area contributed by atoms with Gasteiger partial charge in [0.15, 0.2) is 0 Å². The van der Waals surface area contributed by atoms with Gasteiger partial charge in [-0.05, 0) is 56.4 Å². The van der Waals surface area contributed by atoms with Crippen LogP contribution in [0.25, 0.3) is 0 Å². The number of benzene rings is 2. The van der Waals surface area contributed by atoms with Crippen molar-refractivity contribution in [2.24, 2.45) is 5.73 Å². The minimum absolute atomic E-state index is 0.0314. The molecule has 0 aromatic heterocycles. The van der Waals surface area contributed by atoms with Gasteiger partial charge in [0.2, 0.25) is 5.91 Å². The van der Waals surface area contributed by atoms with Crippen LogP contribution < -0.4 is 5.73 Å². The molecule has 2 aromatic rings. The fraction of sp³-hybridized carbons (Fsp3) is 0.500. The second-order valence-corrected chi connectivity index (χ2v) is 13.1. The molecule has 3 atom stereocenters. The molecule has 1 fully saturated rings. The molecule has 192 valence electrons. The van der Waals surface area contributed by atoms with Gasteiger partial charge in [0.05, 0.1) is 26.9 Å². The number of likely N-dealkylation sites (N-methyl/N-ethyl adjacent to an activating group) is 1. The minimum Gasteiger partial charge on any atom is -0.341 e. The van der Waals surface area contributed by atoms with Crippen molar-refractivity contribution >= 4 is 38.9 Å². The lowest BCUT2D eigenvalue weighted by Gasteiger charge is -2.40. The standard InChI is InChI=1S/C26H35Cl2N3O3S/c1-18-5-7-19(8-6-18)17-30(3)25(32)26(2,20-9-10-22(27)23(28)15-20)12-14-31-13-11-21(16-24(31)29)35(4,33)34/h5-10,15,21,24H,11-14,16-17,29H2,1-4H3. The number of aryl methyl sites for hydroxylation is 1. The van der Waals surface area contributed by atoms with Gasteiger partial charge in [0, 0.05) is 32.9 Å². The number of sulfone groups is 1. The van der Waals surface area contributed by atoms with Crippen LogP contribution in [0.1, 0.15) is 42.9 Å². The molecule has 1 heterocycles. The number of nitrogens with zero attached hydrogens (tertiary/aromatic N) is 2. The lowest BCUT2D eigenvalue weighted by atomic mass is 9.77. The summed E-state index contributed by atoms with van der Waals surface area (Å²) in [4.78, 5) is 17.7. The van der Waals surface area contributed by atoms with Crippen LogP contribution in [0.2, 0.25) is 10.0 Å². The summed E-state index contributed by atoms with van der Waals surface area (Å²) in [5, 5.41) is 0.413. The van der Waals surface area contributed by atoms with Gasteiger partial charge in [-0.1, -0.05) is 59.1 Å². The van der Waals surface area contributed by atoms with E-state index in [0.717, 1.165) is 11.1 Å². The van der Waals surface area contributed by atoms with Gasteiger partial charge in [-0.15, -0.1) is 0 Å². The molecule has 0 bridgehead atoms. The highest BCUT2D eigenvalue weighted by atomic mass is 35.5. The van der Waals surface area contributed by atoms with Crippen molar-refractivity contribution < 1.29 is 13.2 Å². The molecule has 0 radical (unpaired) electrons. The van der Waals surface area contributed by atoms with Crippen LogP contribution in [0.4, 0.5) is 0 Å². The maximum Gasteiger partial charge on any atom is 0.233 e. The van der Waals surface area contributed by atoms with Gasteiger partial charge in [-0.3, -0.25) is 9.69 Å². The van der Waals surface area contributed by atoms with Crippen LogP contribution in [0.5, 0.6) is 0 Å². The first-order valence-electron chi connectivity index (χ1n) is 11.8. The van der Waals surface area contributed by atoms with E-state index in [9.17, 15) is 13.2 Å². The number of piperidine rings is 1. The van der Waals surface area contributed by atoms with Gasteiger partial charge in [0.25, 0.3) is 0 Å². The number of hydrogen-bond acceptors (Lipinski definition) is 5. The molecule has 9 heteroatoms. The third-order valence-corrected chi connectivity index (χ3v) is 9.51. The van der Waals surface area contributed by atoms with Crippen molar-refractivity contribution in [2.45, 2.75) is 56.5 Å². The van der Waals surface area contributed by atoms with Crippen LogP contribution in [0.3, 0.4) is 0 Å². The Balaban J connectivity index is 1.82. The zero-order chi connectivity index (χ0) is 26.0. The molecule has 3 rings (SSSR count). The smallest absolute Gasteiger partial charge is 0.233 e. The Hall–Kier alpha value is -1.64. The Bertz CT molecular complexity index is 1160. The molecule has 2 aromatic carbocycles. The van der Waals surface area contributed by atoms with Gasteiger partial charge in [0.1, 0.15) is 9.84 Å². The van der Waals surface area contributed by atoms with Crippen LogP contribution in [0, 0.1) is 6.92 Å². The van der Waals surface area contributed by atoms with E-state index in [4.69, 9.17) is 28.9 Å². The molecule has 2 N–H and O–H groups in total. The van der Waals surface area contributed by atoms with E-state index >= 15 is 0 Å². The minimum atomic E-state index is -3.13. The van der Waals surface area contributed by atoms with E-state index < -0.39 is 20.5 Å². The summed E-state index contributed by atoms with van der Waals surface area (Å²) in [6.45, 7) is 5.57. The highest BCUT2D eigenvalue weighted by molar-refractivity contribution is 7.91. The largest absolute Gasteiger partial charge is 0.341 e. The number of halogens is 2. The molecule has 1 aliphatic heterocycles. The maximum atomic E-state index is 13.9. The Morgan fingerprint density at radius 2 is 1.83 bits per heavy atom. The Morgan fingerprint density at radius 1 is 1.17 bits per heavy atom. The predicted octanol–water partition coefficient (Wildman–Crippen LogP) is 4.40. The van der Waals surface area contributed by atoms with Crippen molar-refractivity contribution in [3.05, 3.63) is 69.2 Å². The van der Waals surface area contributed by atoms with E-state index in [2.05, 4.69) is 4.90 Å². The fourth-order valence-electron chi connectivity index (χ4n) is 4.72. The summed E-state index contributed by atoms with van der Waals surface area (Å²) in [7, 11) is -1.32. The number of hydrogen-bond donors (Lipinski definition) is 1. The molecule has 0 aliphatic carbocycles. The van der Waals surface area contributed by atoms with Crippen molar-refractivity contribution in [1.82, 2.24) is 9.80 Å². The average molecular weight is 541 g/mol. The van der Waals surface area contributed by atoms with Gasteiger partial charge in [-0.2, -0.15) is 0 Å².